The smallest absolute Gasteiger partial charge is 0.425 e. The number of ketones is 1. The van der Waals surface area contributed by atoms with Gasteiger partial charge in [-0.05, 0) is 48.8 Å². The number of benzene rings is 1. The van der Waals surface area contributed by atoms with Crippen molar-refractivity contribution < 1.29 is 37.0 Å². The number of rotatable bonds is 6. The van der Waals surface area contributed by atoms with Crippen LogP contribution >= 0.6 is 0 Å². The molecule has 10 heteroatoms. The Morgan fingerprint density at radius 3 is 2.30 bits per heavy atom. The van der Waals surface area contributed by atoms with Gasteiger partial charge >= 0.3 is 6.18 Å². The second-order valence-corrected chi connectivity index (χ2v) is 11.0. The van der Waals surface area contributed by atoms with Gasteiger partial charge in [-0.3, -0.25) is 14.4 Å². The van der Waals surface area contributed by atoms with E-state index in [1.165, 1.54) is 32.4 Å². The summed E-state index contributed by atoms with van der Waals surface area (Å²) in [6.45, 7) is 3.70. The first-order valence-corrected chi connectivity index (χ1v) is 12.5. The van der Waals surface area contributed by atoms with Gasteiger partial charge in [-0.25, -0.2) is 0 Å². The van der Waals surface area contributed by atoms with Gasteiger partial charge in [-0.15, -0.1) is 0 Å². The summed E-state index contributed by atoms with van der Waals surface area (Å²) in [6.07, 6.45) is -0.696. The zero-order valence-electron chi connectivity index (χ0n) is 21.6. The van der Waals surface area contributed by atoms with E-state index in [0.29, 0.717) is 0 Å². The molecule has 4 rings (SSSR count). The van der Waals surface area contributed by atoms with Crippen molar-refractivity contribution in [3.8, 4) is 11.5 Å². The Balaban J connectivity index is 1.81. The van der Waals surface area contributed by atoms with Gasteiger partial charge in [0.2, 0.25) is 5.54 Å². The van der Waals surface area contributed by atoms with Crippen LogP contribution < -0.4 is 14.8 Å². The highest BCUT2D eigenvalue weighted by molar-refractivity contribution is 6.14. The second kappa shape index (κ2) is 9.68. The lowest BCUT2D eigenvalue weighted by Crippen LogP contribution is -2.66. The molecule has 1 aliphatic heterocycles. The SMILES string of the molecule is COc1ccc(C(=O)N[C@@]2(C(F)(F)F)C(=O)N(CC3CCCCC3)C3=C2C(=O)CC(C)(C)C3)cc1OC. The summed E-state index contributed by atoms with van der Waals surface area (Å²) >= 11 is 0. The summed E-state index contributed by atoms with van der Waals surface area (Å²) in [5, 5.41) is 1.98. The molecule has 2 aliphatic carbocycles. The molecule has 0 bridgehead atoms. The highest BCUT2D eigenvalue weighted by Crippen LogP contribution is 2.52. The van der Waals surface area contributed by atoms with Crippen LogP contribution in [0.2, 0.25) is 0 Å². The predicted molar refractivity (Wildman–Crippen MR) is 129 cm³/mol. The van der Waals surface area contributed by atoms with Crippen molar-refractivity contribution in [2.45, 2.75) is 70.5 Å². The lowest BCUT2D eigenvalue weighted by atomic mass is 9.72. The van der Waals surface area contributed by atoms with E-state index in [4.69, 9.17) is 9.47 Å². The molecule has 1 aromatic carbocycles. The Hall–Kier alpha value is -3.04. The number of Topliss-reactive ketones (excluding diaryl/α,β-unsaturated/α-hetero) is 1. The topological polar surface area (TPSA) is 84.9 Å². The van der Waals surface area contributed by atoms with Crippen LogP contribution in [-0.2, 0) is 9.59 Å². The van der Waals surface area contributed by atoms with Crippen molar-refractivity contribution in [1.29, 1.82) is 0 Å². The molecule has 0 saturated heterocycles. The van der Waals surface area contributed by atoms with Gasteiger partial charge in [0.25, 0.3) is 11.8 Å². The summed E-state index contributed by atoms with van der Waals surface area (Å²) in [7, 11) is 2.72. The standard InChI is InChI=1S/C27H33F3N2O5/c1-25(2)13-18-22(19(33)14-25)26(27(28,29)30,24(35)32(18)15-16-8-6-5-7-9-16)31-23(34)17-10-11-20(36-3)21(12-17)37-4/h10-12,16H,5-9,13-15H2,1-4H3,(H,31,34)/t26-/m1/s1. The first kappa shape index (κ1) is 27.0. The van der Waals surface area contributed by atoms with Crippen LogP contribution in [0.3, 0.4) is 0 Å². The molecule has 0 spiro atoms. The molecule has 1 atom stereocenters. The largest absolute Gasteiger partial charge is 0.493 e. The number of carbonyl (C=O) groups is 3. The van der Waals surface area contributed by atoms with Gasteiger partial charge in [0.05, 0.1) is 19.8 Å². The molecular formula is C27H33F3N2O5. The first-order valence-electron chi connectivity index (χ1n) is 12.5. The molecule has 1 fully saturated rings. The van der Waals surface area contributed by atoms with Gasteiger partial charge in [0, 0.05) is 24.2 Å². The van der Waals surface area contributed by atoms with Gasteiger partial charge in [-0.2, -0.15) is 13.2 Å². The first-order chi connectivity index (χ1) is 17.3. The molecule has 37 heavy (non-hydrogen) atoms. The molecule has 0 unspecified atom stereocenters. The third-order valence-electron chi connectivity index (χ3n) is 7.66. The van der Waals surface area contributed by atoms with Gasteiger partial charge in [-0.1, -0.05) is 33.1 Å². The third-order valence-corrected chi connectivity index (χ3v) is 7.66. The van der Waals surface area contributed by atoms with Crippen molar-refractivity contribution in [2.24, 2.45) is 11.3 Å². The number of halogens is 3. The quantitative estimate of drug-likeness (QED) is 0.580. The van der Waals surface area contributed by atoms with Crippen LogP contribution in [0, 0.1) is 11.3 Å². The Bertz CT molecular complexity index is 1140. The molecule has 3 aliphatic rings. The summed E-state index contributed by atoms with van der Waals surface area (Å²) < 4.78 is 55.3. The number of amides is 2. The van der Waals surface area contributed by atoms with Crippen LogP contribution in [0.25, 0.3) is 0 Å². The van der Waals surface area contributed by atoms with Crippen LogP contribution in [0.5, 0.6) is 11.5 Å². The maximum absolute atomic E-state index is 15.0. The lowest BCUT2D eigenvalue weighted by Gasteiger charge is -2.35. The van der Waals surface area contributed by atoms with Crippen molar-refractivity contribution >= 4 is 17.6 Å². The Kier molecular flexibility index (Phi) is 7.07. The molecule has 1 aromatic rings. The number of nitrogens with one attached hydrogen (secondary N) is 1. The number of allylic oxidation sites excluding steroid dienone is 1. The van der Waals surface area contributed by atoms with Crippen LogP contribution in [0.1, 0.15) is 69.2 Å². The van der Waals surface area contributed by atoms with E-state index in [0.717, 1.165) is 37.0 Å². The number of nitrogens with zero attached hydrogens (tertiary/aromatic N) is 1. The van der Waals surface area contributed by atoms with Crippen LogP contribution in [0.4, 0.5) is 13.2 Å². The van der Waals surface area contributed by atoms with Crippen LogP contribution in [0.15, 0.2) is 29.5 Å². The molecule has 0 radical (unpaired) electrons. The molecule has 1 saturated carbocycles. The fourth-order valence-corrected chi connectivity index (χ4v) is 5.87. The lowest BCUT2D eigenvalue weighted by molar-refractivity contribution is -0.190. The Morgan fingerprint density at radius 2 is 1.70 bits per heavy atom. The predicted octanol–water partition coefficient (Wildman–Crippen LogP) is 4.80. The molecule has 1 N–H and O–H groups in total. The van der Waals surface area contributed by atoms with Crippen molar-refractivity contribution in [1.82, 2.24) is 10.2 Å². The van der Waals surface area contributed by atoms with Crippen molar-refractivity contribution in [3.05, 3.63) is 35.0 Å². The van der Waals surface area contributed by atoms with Gasteiger partial charge < -0.3 is 19.7 Å². The monoisotopic (exact) mass is 522 g/mol. The van der Waals surface area contributed by atoms with E-state index in [1.54, 1.807) is 13.8 Å². The summed E-state index contributed by atoms with van der Waals surface area (Å²) in [5.74, 6) is -2.75. The number of methoxy groups -OCH3 is 2. The summed E-state index contributed by atoms with van der Waals surface area (Å²) in [4.78, 5) is 41.5. The third kappa shape index (κ3) is 4.70. The second-order valence-electron chi connectivity index (χ2n) is 11.0. The average Bonchev–Trinajstić information content (AvgIpc) is 3.06. The highest BCUT2D eigenvalue weighted by atomic mass is 19.4. The maximum atomic E-state index is 15.0. The molecule has 0 aromatic heterocycles. The van der Waals surface area contributed by atoms with E-state index in [1.807, 2.05) is 5.32 Å². The number of carbonyl (C=O) groups excluding carboxylic acids is 3. The molecule has 7 nitrogen and oxygen atoms in total. The molecule has 2 amide bonds. The van der Waals surface area contributed by atoms with Gasteiger partial charge in [0.15, 0.2) is 17.3 Å². The van der Waals surface area contributed by atoms with E-state index in [-0.39, 0.29) is 48.1 Å². The number of ether oxygens (including phenoxy) is 2. The minimum atomic E-state index is -5.24. The Morgan fingerprint density at radius 1 is 1.05 bits per heavy atom. The fourth-order valence-electron chi connectivity index (χ4n) is 5.87. The van der Waals surface area contributed by atoms with E-state index in [9.17, 15) is 14.4 Å². The molecule has 1 heterocycles. The summed E-state index contributed by atoms with van der Waals surface area (Å²) in [6, 6.07) is 3.90. The highest BCUT2D eigenvalue weighted by Gasteiger charge is 2.71. The van der Waals surface area contributed by atoms with Crippen molar-refractivity contribution in [3.63, 3.8) is 0 Å². The van der Waals surface area contributed by atoms with E-state index < -0.39 is 40.3 Å². The number of alkyl halides is 3. The van der Waals surface area contributed by atoms with Crippen molar-refractivity contribution in [2.75, 3.05) is 20.8 Å². The van der Waals surface area contributed by atoms with Crippen LogP contribution in [-0.4, -0.2) is 55.0 Å². The zero-order valence-corrected chi connectivity index (χ0v) is 21.6. The minimum absolute atomic E-state index is 0.0391. The van der Waals surface area contributed by atoms with E-state index >= 15 is 13.2 Å². The summed E-state index contributed by atoms with van der Waals surface area (Å²) in [5.41, 5.74) is -4.79. The molecular weight excluding hydrogens is 489 g/mol. The minimum Gasteiger partial charge on any atom is -0.493 e. The number of hydrogen-bond acceptors (Lipinski definition) is 5. The molecule has 202 valence electrons. The van der Waals surface area contributed by atoms with Gasteiger partial charge in [0.1, 0.15) is 0 Å². The maximum Gasteiger partial charge on any atom is 0.425 e. The average molecular weight is 523 g/mol. The fraction of sp³-hybridized carbons (Fsp3) is 0.593. The zero-order chi connectivity index (χ0) is 27.2. The number of hydrogen-bond donors (Lipinski definition) is 1. The van der Waals surface area contributed by atoms with E-state index in [2.05, 4.69) is 0 Å². The normalized spacial score (nSPS) is 24.2. The Labute approximate surface area is 214 Å².